The van der Waals surface area contributed by atoms with Crippen LogP contribution < -0.4 is 14.8 Å². The number of aryl methyl sites for hydroxylation is 1. The number of nitrogens with one attached hydrogen (secondary N) is 1. The van der Waals surface area contributed by atoms with Gasteiger partial charge in [-0.25, -0.2) is 0 Å². The van der Waals surface area contributed by atoms with Crippen molar-refractivity contribution in [3.63, 3.8) is 0 Å². The predicted octanol–water partition coefficient (Wildman–Crippen LogP) is 2.84. The van der Waals surface area contributed by atoms with E-state index in [-0.39, 0.29) is 12.5 Å². The van der Waals surface area contributed by atoms with E-state index in [1.807, 2.05) is 71.5 Å². The van der Waals surface area contributed by atoms with E-state index in [9.17, 15) is 4.79 Å². The molecule has 8 nitrogen and oxygen atoms in total. The van der Waals surface area contributed by atoms with Gasteiger partial charge in [0.25, 0.3) is 5.91 Å². The first-order valence-corrected chi connectivity index (χ1v) is 9.77. The van der Waals surface area contributed by atoms with Crippen molar-refractivity contribution in [3.8, 4) is 17.2 Å². The number of carbonyl (C=O) groups is 1. The Bertz CT molecular complexity index is 1260. The SMILES string of the molecule is Cc1cc(C(=O)NCc2nnc3ccccn23)c(C)n1-c1ccc2c(c1)OCCO2. The monoisotopic (exact) mass is 403 g/mol. The highest BCUT2D eigenvalue weighted by molar-refractivity contribution is 5.95. The molecule has 0 saturated carbocycles. The van der Waals surface area contributed by atoms with Crippen LogP contribution in [0, 0.1) is 13.8 Å². The smallest absolute Gasteiger partial charge is 0.253 e. The standard InChI is InChI=1S/C22H21N5O3/c1-14-11-17(22(28)23-13-21-25-24-20-5-3-4-8-26(20)21)15(2)27(14)16-6-7-18-19(12-16)30-10-9-29-18/h3-8,11-12H,9-10,13H2,1-2H3,(H,23,28). The Morgan fingerprint density at radius 2 is 1.90 bits per heavy atom. The first-order chi connectivity index (χ1) is 14.6. The maximum absolute atomic E-state index is 12.9. The summed E-state index contributed by atoms with van der Waals surface area (Å²) in [6.45, 7) is 5.29. The van der Waals surface area contributed by atoms with Gasteiger partial charge >= 0.3 is 0 Å². The van der Waals surface area contributed by atoms with Crippen molar-refractivity contribution in [1.29, 1.82) is 0 Å². The molecule has 0 saturated heterocycles. The number of ether oxygens (including phenoxy) is 2. The molecule has 1 aliphatic heterocycles. The van der Waals surface area contributed by atoms with Crippen LogP contribution in [0.4, 0.5) is 0 Å². The molecule has 0 spiro atoms. The zero-order chi connectivity index (χ0) is 20.7. The molecule has 8 heteroatoms. The van der Waals surface area contributed by atoms with Crippen molar-refractivity contribution in [2.45, 2.75) is 20.4 Å². The minimum Gasteiger partial charge on any atom is -0.486 e. The van der Waals surface area contributed by atoms with Crippen molar-refractivity contribution in [1.82, 2.24) is 24.5 Å². The Hall–Kier alpha value is -3.81. The molecule has 1 N–H and O–H groups in total. The lowest BCUT2D eigenvalue weighted by atomic mass is 10.2. The van der Waals surface area contributed by atoms with E-state index in [0.717, 1.165) is 34.2 Å². The molecule has 0 atom stereocenters. The van der Waals surface area contributed by atoms with Gasteiger partial charge in [-0.05, 0) is 44.2 Å². The van der Waals surface area contributed by atoms with Gasteiger partial charge in [-0.15, -0.1) is 10.2 Å². The molecule has 4 heterocycles. The van der Waals surface area contributed by atoms with Crippen molar-refractivity contribution < 1.29 is 14.3 Å². The van der Waals surface area contributed by atoms with Gasteiger partial charge in [-0.1, -0.05) is 6.07 Å². The van der Waals surface area contributed by atoms with Crippen LogP contribution in [0.5, 0.6) is 11.5 Å². The average Bonchev–Trinajstić information content (AvgIpc) is 3.32. The van der Waals surface area contributed by atoms with Crippen molar-refractivity contribution in [2.75, 3.05) is 13.2 Å². The summed E-state index contributed by atoms with van der Waals surface area (Å²) in [6, 6.07) is 13.4. The second kappa shape index (κ2) is 7.22. The first kappa shape index (κ1) is 18.2. The number of amides is 1. The lowest BCUT2D eigenvalue weighted by Crippen LogP contribution is -2.24. The van der Waals surface area contributed by atoms with Gasteiger partial charge in [0.05, 0.1) is 12.1 Å². The Kier molecular flexibility index (Phi) is 4.39. The molecular weight excluding hydrogens is 382 g/mol. The lowest BCUT2D eigenvalue weighted by molar-refractivity contribution is 0.0949. The number of hydrogen-bond acceptors (Lipinski definition) is 5. The number of fused-ring (bicyclic) bond motifs is 2. The molecule has 1 amide bonds. The number of benzene rings is 1. The van der Waals surface area contributed by atoms with Crippen LogP contribution >= 0.6 is 0 Å². The minimum atomic E-state index is -0.153. The molecule has 0 fully saturated rings. The molecule has 5 rings (SSSR count). The fourth-order valence-corrected chi connectivity index (χ4v) is 3.83. The largest absolute Gasteiger partial charge is 0.486 e. The molecule has 3 aromatic heterocycles. The summed E-state index contributed by atoms with van der Waals surface area (Å²) in [5, 5.41) is 11.2. The highest BCUT2D eigenvalue weighted by Crippen LogP contribution is 2.33. The van der Waals surface area contributed by atoms with Crippen LogP contribution in [0.15, 0.2) is 48.7 Å². The number of pyridine rings is 1. The van der Waals surface area contributed by atoms with E-state index >= 15 is 0 Å². The van der Waals surface area contributed by atoms with Gasteiger partial charge in [0.2, 0.25) is 0 Å². The minimum absolute atomic E-state index is 0.153. The van der Waals surface area contributed by atoms with Crippen LogP contribution in [0.1, 0.15) is 27.6 Å². The summed E-state index contributed by atoms with van der Waals surface area (Å²) in [6.07, 6.45) is 1.88. The number of rotatable bonds is 4. The molecular formula is C22H21N5O3. The van der Waals surface area contributed by atoms with E-state index in [0.29, 0.717) is 24.6 Å². The van der Waals surface area contributed by atoms with E-state index in [4.69, 9.17) is 9.47 Å². The van der Waals surface area contributed by atoms with Crippen LogP contribution in [0.25, 0.3) is 11.3 Å². The van der Waals surface area contributed by atoms with E-state index in [2.05, 4.69) is 15.5 Å². The Labute approximate surface area is 173 Å². The maximum Gasteiger partial charge on any atom is 0.253 e. The number of nitrogens with zero attached hydrogens (tertiary/aromatic N) is 4. The van der Waals surface area contributed by atoms with E-state index in [1.165, 1.54) is 0 Å². The molecule has 0 radical (unpaired) electrons. The second-order valence-corrected chi connectivity index (χ2v) is 7.18. The van der Waals surface area contributed by atoms with Crippen LogP contribution in [0.3, 0.4) is 0 Å². The van der Waals surface area contributed by atoms with Gasteiger partial charge in [0.15, 0.2) is 23.0 Å². The van der Waals surface area contributed by atoms with Crippen LogP contribution in [-0.4, -0.2) is 38.3 Å². The molecule has 4 aromatic rings. The summed E-state index contributed by atoms with van der Waals surface area (Å²) in [4.78, 5) is 12.9. The molecule has 30 heavy (non-hydrogen) atoms. The topological polar surface area (TPSA) is 82.7 Å². The van der Waals surface area contributed by atoms with E-state index in [1.54, 1.807) is 0 Å². The highest BCUT2D eigenvalue weighted by atomic mass is 16.6. The normalized spacial score (nSPS) is 12.9. The highest BCUT2D eigenvalue weighted by Gasteiger charge is 2.19. The van der Waals surface area contributed by atoms with Gasteiger partial charge in [-0.3, -0.25) is 9.20 Å². The Balaban J connectivity index is 1.40. The molecule has 0 bridgehead atoms. The fraction of sp³-hybridized carbons (Fsp3) is 0.227. The van der Waals surface area contributed by atoms with Crippen molar-refractivity contribution in [3.05, 3.63) is 71.4 Å². The maximum atomic E-state index is 12.9. The van der Waals surface area contributed by atoms with Crippen LogP contribution in [0.2, 0.25) is 0 Å². The summed E-state index contributed by atoms with van der Waals surface area (Å²) in [5.41, 5.74) is 4.11. The number of carbonyl (C=O) groups excluding carboxylic acids is 1. The third-order valence-corrected chi connectivity index (χ3v) is 5.25. The summed E-state index contributed by atoms with van der Waals surface area (Å²) >= 11 is 0. The van der Waals surface area contributed by atoms with Gasteiger partial charge in [0.1, 0.15) is 13.2 Å². The molecule has 0 unspecified atom stereocenters. The summed E-state index contributed by atoms with van der Waals surface area (Å²) in [5.74, 6) is 1.99. The molecule has 1 aromatic carbocycles. The third kappa shape index (κ3) is 3.06. The summed E-state index contributed by atoms with van der Waals surface area (Å²) < 4.78 is 15.2. The van der Waals surface area contributed by atoms with E-state index < -0.39 is 0 Å². The van der Waals surface area contributed by atoms with Gasteiger partial charge in [0, 0.05) is 29.3 Å². The number of aromatic nitrogens is 4. The predicted molar refractivity (Wildman–Crippen MR) is 110 cm³/mol. The zero-order valence-corrected chi connectivity index (χ0v) is 16.8. The number of hydrogen-bond donors (Lipinski definition) is 1. The van der Waals surface area contributed by atoms with Crippen molar-refractivity contribution >= 4 is 11.6 Å². The Morgan fingerprint density at radius 1 is 1.07 bits per heavy atom. The van der Waals surface area contributed by atoms with Crippen molar-refractivity contribution in [2.24, 2.45) is 0 Å². The zero-order valence-electron chi connectivity index (χ0n) is 16.8. The van der Waals surface area contributed by atoms with Crippen LogP contribution in [-0.2, 0) is 6.54 Å². The fourth-order valence-electron chi connectivity index (χ4n) is 3.83. The molecule has 1 aliphatic rings. The second-order valence-electron chi connectivity index (χ2n) is 7.18. The Morgan fingerprint density at radius 3 is 2.77 bits per heavy atom. The summed E-state index contributed by atoms with van der Waals surface area (Å²) in [7, 11) is 0. The molecule has 152 valence electrons. The third-order valence-electron chi connectivity index (χ3n) is 5.25. The van der Waals surface area contributed by atoms with Gasteiger partial charge in [-0.2, -0.15) is 0 Å². The average molecular weight is 403 g/mol. The quantitative estimate of drug-likeness (QED) is 0.567. The first-order valence-electron chi connectivity index (χ1n) is 9.77. The van der Waals surface area contributed by atoms with Gasteiger partial charge < -0.3 is 19.4 Å². The molecule has 0 aliphatic carbocycles. The lowest BCUT2D eigenvalue weighted by Gasteiger charge is -2.20.